The second-order valence-electron chi connectivity index (χ2n) is 3.57. The van der Waals surface area contributed by atoms with Crippen LogP contribution in [0, 0.1) is 6.92 Å². The molecule has 3 nitrogen and oxygen atoms in total. The van der Waals surface area contributed by atoms with Gasteiger partial charge in [-0.15, -0.1) is 6.58 Å². The van der Waals surface area contributed by atoms with E-state index in [0.717, 1.165) is 17.0 Å². The number of ether oxygens (including phenoxy) is 1. The van der Waals surface area contributed by atoms with E-state index in [1.807, 2.05) is 25.1 Å². The predicted octanol–water partition coefficient (Wildman–Crippen LogP) is 2.54. The van der Waals surface area contributed by atoms with Crippen LogP contribution in [0.3, 0.4) is 0 Å². The Bertz CT molecular complexity index is 399. The Kier molecular flexibility index (Phi) is 4.11. The maximum absolute atomic E-state index is 11.5. The first-order chi connectivity index (χ1) is 7.60. The molecule has 0 bridgehead atoms. The first-order valence-corrected chi connectivity index (χ1v) is 5.13. The quantitative estimate of drug-likeness (QED) is 0.728. The van der Waals surface area contributed by atoms with Crippen LogP contribution >= 0.6 is 0 Å². The topological polar surface area (TPSA) is 29.5 Å². The van der Waals surface area contributed by atoms with Crippen LogP contribution in [0.4, 0.5) is 5.69 Å². The lowest BCUT2D eigenvalue weighted by Gasteiger charge is -2.20. The molecule has 0 heterocycles. The molecule has 0 saturated heterocycles. The zero-order chi connectivity index (χ0) is 12.1. The van der Waals surface area contributed by atoms with Crippen molar-refractivity contribution in [2.24, 2.45) is 0 Å². The third kappa shape index (κ3) is 2.63. The molecule has 0 aliphatic heterocycles. The second kappa shape index (κ2) is 5.35. The van der Waals surface area contributed by atoms with Crippen molar-refractivity contribution in [1.82, 2.24) is 0 Å². The fraction of sp³-hybridized carbons (Fsp3) is 0.308. The zero-order valence-electron chi connectivity index (χ0n) is 9.99. The number of nitrogens with zero attached hydrogens (tertiary/aromatic N) is 1. The van der Waals surface area contributed by atoms with E-state index in [1.165, 1.54) is 6.92 Å². The molecule has 3 heteroatoms. The molecule has 1 amide bonds. The van der Waals surface area contributed by atoms with Gasteiger partial charge < -0.3 is 9.64 Å². The summed E-state index contributed by atoms with van der Waals surface area (Å²) in [6.07, 6.45) is 1.70. The van der Waals surface area contributed by atoms with E-state index in [2.05, 4.69) is 6.58 Å². The summed E-state index contributed by atoms with van der Waals surface area (Å²) in [5.74, 6) is 0.776. The van der Waals surface area contributed by atoms with Gasteiger partial charge in [-0.2, -0.15) is 0 Å². The number of hydrogen-bond acceptors (Lipinski definition) is 2. The minimum Gasteiger partial charge on any atom is -0.496 e. The molecule has 0 radical (unpaired) electrons. The minimum absolute atomic E-state index is 0.00851. The van der Waals surface area contributed by atoms with Crippen molar-refractivity contribution in [3.63, 3.8) is 0 Å². The van der Waals surface area contributed by atoms with Gasteiger partial charge in [-0.3, -0.25) is 4.79 Å². The highest BCUT2D eigenvalue weighted by Crippen LogP contribution is 2.25. The number of methoxy groups -OCH3 is 1. The van der Waals surface area contributed by atoms with Gasteiger partial charge in [-0.25, -0.2) is 0 Å². The minimum atomic E-state index is -0.00851. The molecular weight excluding hydrogens is 202 g/mol. The Balaban J connectivity index is 3.09. The van der Waals surface area contributed by atoms with Crippen LogP contribution in [-0.2, 0) is 4.79 Å². The highest BCUT2D eigenvalue weighted by atomic mass is 16.5. The Morgan fingerprint density at radius 2 is 2.25 bits per heavy atom. The molecule has 16 heavy (non-hydrogen) atoms. The molecule has 0 N–H and O–H groups in total. The third-order valence-corrected chi connectivity index (χ3v) is 2.40. The van der Waals surface area contributed by atoms with Gasteiger partial charge in [0, 0.05) is 25.2 Å². The second-order valence-corrected chi connectivity index (χ2v) is 3.57. The molecule has 86 valence electrons. The zero-order valence-corrected chi connectivity index (χ0v) is 9.99. The number of hydrogen-bond donors (Lipinski definition) is 0. The largest absolute Gasteiger partial charge is 0.496 e. The molecule has 0 fully saturated rings. The average Bonchev–Trinajstić information content (AvgIpc) is 2.26. The van der Waals surface area contributed by atoms with E-state index < -0.39 is 0 Å². The van der Waals surface area contributed by atoms with Gasteiger partial charge in [0.05, 0.1) is 7.11 Å². The third-order valence-electron chi connectivity index (χ3n) is 2.40. The number of carbonyl (C=O) groups excluding carboxylic acids is 1. The molecule has 0 aliphatic rings. The maximum Gasteiger partial charge on any atom is 0.224 e. The number of aryl methyl sites for hydroxylation is 1. The Morgan fingerprint density at radius 1 is 1.56 bits per heavy atom. The van der Waals surface area contributed by atoms with Gasteiger partial charge in [0.2, 0.25) is 5.91 Å². The fourth-order valence-corrected chi connectivity index (χ4v) is 1.52. The highest BCUT2D eigenvalue weighted by molar-refractivity contribution is 5.92. The number of amides is 1. The molecule has 1 aromatic carbocycles. The summed E-state index contributed by atoms with van der Waals surface area (Å²) in [6, 6.07) is 5.70. The summed E-state index contributed by atoms with van der Waals surface area (Å²) in [6.45, 7) is 7.65. The van der Waals surface area contributed by atoms with E-state index in [4.69, 9.17) is 4.74 Å². The Morgan fingerprint density at radius 3 is 2.75 bits per heavy atom. The summed E-state index contributed by atoms with van der Waals surface area (Å²) in [5.41, 5.74) is 1.88. The van der Waals surface area contributed by atoms with E-state index in [1.54, 1.807) is 18.1 Å². The SMILES string of the molecule is C=CCN(C(C)=O)c1ccc(C)c(OC)c1. The van der Waals surface area contributed by atoms with Crippen molar-refractivity contribution < 1.29 is 9.53 Å². The summed E-state index contributed by atoms with van der Waals surface area (Å²) in [5, 5.41) is 0. The van der Waals surface area contributed by atoms with E-state index in [9.17, 15) is 4.79 Å². The van der Waals surface area contributed by atoms with Gasteiger partial charge in [0.25, 0.3) is 0 Å². The van der Waals surface area contributed by atoms with Crippen molar-refractivity contribution >= 4 is 11.6 Å². The lowest BCUT2D eigenvalue weighted by molar-refractivity contribution is -0.116. The van der Waals surface area contributed by atoms with Crippen LogP contribution in [0.1, 0.15) is 12.5 Å². The van der Waals surface area contributed by atoms with E-state index in [0.29, 0.717) is 6.54 Å². The summed E-state index contributed by atoms with van der Waals surface area (Å²) in [7, 11) is 1.62. The first-order valence-electron chi connectivity index (χ1n) is 5.13. The van der Waals surface area contributed by atoms with Gasteiger partial charge in [-0.1, -0.05) is 12.1 Å². The molecule has 0 saturated carbocycles. The van der Waals surface area contributed by atoms with Crippen molar-refractivity contribution in [1.29, 1.82) is 0 Å². The van der Waals surface area contributed by atoms with Crippen LogP contribution in [0.25, 0.3) is 0 Å². The molecule has 0 atom stereocenters. The number of carbonyl (C=O) groups is 1. The standard InChI is InChI=1S/C13H17NO2/c1-5-8-14(11(3)15)12-7-6-10(2)13(9-12)16-4/h5-7,9H,1,8H2,2-4H3. The predicted molar refractivity (Wildman–Crippen MR) is 66.0 cm³/mol. The molecule has 0 unspecified atom stereocenters. The van der Waals surface area contributed by atoms with Crippen LogP contribution in [0.5, 0.6) is 5.75 Å². The molecule has 1 aromatic rings. The van der Waals surface area contributed by atoms with Crippen LogP contribution in [0.2, 0.25) is 0 Å². The van der Waals surface area contributed by atoms with Gasteiger partial charge >= 0.3 is 0 Å². The van der Waals surface area contributed by atoms with Gasteiger partial charge in [0.15, 0.2) is 0 Å². The van der Waals surface area contributed by atoms with Crippen LogP contribution in [0.15, 0.2) is 30.9 Å². The lowest BCUT2D eigenvalue weighted by Crippen LogP contribution is -2.28. The van der Waals surface area contributed by atoms with Crippen LogP contribution < -0.4 is 9.64 Å². The van der Waals surface area contributed by atoms with Crippen molar-refractivity contribution in [3.05, 3.63) is 36.4 Å². The highest BCUT2D eigenvalue weighted by Gasteiger charge is 2.11. The Hall–Kier alpha value is -1.77. The molecule has 0 aliphatic carbocycles. The maximum atomic E-state index is 11.5. The lowest BCUT2D eigenvalue weighted by atomic mass is 10.2. The van der Waals surface area contributed by atoms with Crippen molar-refractivity contribution in [2.75, 3.05) is 18.6 Å². The molecular formula is C13H17NO2. The van der Waals surface area contributed by atoms with Crippen LogP contribution in [-0.4, -0.2) is 19.6 Å². The van der Waals surface area contributed by atoms with E-state index in [-0.39, 0.29) is 5.91 Å². The Labute approximate surface area is 96.3 Å². The summed E-state index contributed by atoms with van der Waals surface area (Å²) < 4.78 is 5.23. The fourth-order valence-electron chi connectivity index (χ4n) is 1.52. The first kappa shape index (κ1) is 12.3. The molecule has 0 aromatic heterocycles. The van der Waals surface area contributed by atoms with Crippen molar-refractivity contribution in [2.45, 2.75) is 13.8 Å². The number of anilines is 1. The smallest absolute Gasteiger partial charge is 0.224 e. The monoisotopic (exact) mass is 219 g/mol. The van der Waals surface area contributed by atoms with Gasteiger partial charge in [-0.05, 0) is 18.6 Å². The van der Waals surface area contributed by atoms with Crippen molar-refractivity contribution in [3.8, 4) is 5.75 Å². The summed E-state index contributed by atoms with van der Waals surface area (Å²) >= 11 is 0. The molecule has 1 rings (SSSR count). The molecule has 0 spiro atoms. The normalized spacial score (nSPS) is 9.69. The number of benzene rings is 1. The summed E-state index contributed by atoms with van der Waals surface area (Å²) in [4.78, 5) is 13.1. The number of rotatable bonds is 4. The average molecular weight is 219 g/mol. The van der Waals surface area contributed by atoms with Gasteiger partial charge in [0.1, 0.15) is 5.75 Å². The van der Waals surface area contributed by atoms with E-state index >= 15 is 0 Å².